The average molecular weight is 476 g/mol. The minimum Gasteiger partial charge on any atom is -0.494 e. The van der Waals surface area contributed by atoms with Gasteiger partial charge in [0.1, 0.15) is 17.9 Å². The first-order chi connectivity index (χ1) is 16.0. The summed E-state index contributed by atoms with van der Waals surface area (Å²) in [7, 11) is 0. The van der Waals surface area contributed by atoms with Crippen LogP contribution in [0.1, 0.15) is 68.6 Å². The van der Waals surface area contributed by atoms with Gasteiger partial charge in [-0.15, -0.1) is 0 Å². The van der Waals surface area contributed by atoms with E-state index in [0.717, 1.165) is 44.9 Å². The molecule has 1 aliphatic carbocycles. The largest absolute Gasteiger partial charge is 0.494 e. The maximum Gasteiger partial charge on any atom is 0.308 e. The van der Waals surface area contributed by atoms with E-state index in [1.165, 1.54) is 0 Å². The van der Waals surface area contributed by atoms with Gasteiger partial charge in [0.05, 0.1) is 13.0 Å². The third kappa shape index (κ3) is 7.42. The minimum atomic E-state index is -0.808. The molecule has 2 fully saturated rings. The molecule has 0 radical (unpaired) electrons. The summed E-state index contributed by atoms with van der Waals surface area (Å²) >= 11 is 5.43. The van der Waals surface area contributed by atoms with E-state index in [4.69, 9.17) is 21.7 Å². The van der Waals surface area contributed by atoms with Crippen LogP contribution in [0.5, 0.6) is 5.75 Å². The van der Waals surface area contributed by atoms with Crippen molar-refractivity contribution in [1.82, 2.24) is 15.5 Å². The fourth-order valence-electron chi connectivity index (χ4n) is 4.01. The Morgan fingerprint density at radius 1 is 1.18 bits per heavy atom. The molecule has 1 unspecified atom stereocenters. The third-order valence-electron chi connectivity index (χ3n) is 5.91. The van der Waals surface area contributed by atoms with Gasteiger partial charge in [0.25, 0.3) is 5.91 Å². The summed E-state index contributed by atoms with van der Waals surface area (Å²) in [6, 6.07) is 6.01. The van der Waals surface area contributed by atoms with Gasteiger partial charge < -0.3 is 19.7 Å². The smallest absolute Gasteiger partial charge is 0.308 e. The topological polar surface area (TPSA) is 97.0 Å². The van der Waals surface area contributed by atoms with Crippen molar-refractivity contribution < 1.29 is 23.9 Å². The summed E-state index contributed by atoms with van der Waals surface area (Å²) < 4.78 is 11.2. The monoisotopic (exact) mass is 475 g/mol. The van der Waals surface area contributed by atoms with Gasteiger partial charge in [-0.1, -0.05) is 19.8 Å². The lowest BCUT2D eigenvalue weighted by atomic mass is 9.98. The summed E-state index contributed by atoms with van der Waals surface area (Å²) in [5, 5.41) is 5.57. The van der Waals surface area contributed by atoms with E-state index in [2.05, 4.69) is 17.6 Å². The van der Waals surface area contributed by atoms with Crippen LogP contribution in [0.15, 0.2) is 24.3 Å². The summed E-state index contributed by atoms with van der Waals surface area (Å²) in [6.45, 7) is 3.51. The Balaban J connectivity index is 1.56. The first-order valence-electron chi connectivity index (χ1n) is 11.8. The zero-order valence-corrected chi connectivity index (χ0v) is 20.0. The molecule has 3 rings (SSSR count). The zero-order valence-electron chi connectivity index (χ0n) is 19.1. The molecule has 33 heavy (non-hydrogen) atoms. The van der Waals surface area contributed by atoms with Gasteiger partial charge in [-0.3, -0.25) is 19.7 Å². The maximum atomic E-state index is 12.7. The highest BCUT2D eigenvalue weighted by Crippen LogP contribution is 2.21. The second kappa shape index (κ2) is 12.5. The number of unbranched alkanes of at least 4 members (excludes halogenated alkanes) is 1. The molecule has 8 nitrogen and oxygen atoms in total. The number of rotatable bonds is 8. The van der Waals surface area contributed by atoms with Gasteiger partial charge in [0.2, 0.25) is 5.91 Å². The molecule has 2 amide bonds. The quantitative estimate of drug-likeness (QED) is 0.339. The van der Waals surface area contributed by atoms with Gasteiger partial charge in [-0.2, -0.15) is 0 Å². The van der Waals surface area contributed by atoms with Crippen LogP contribution in [0.4, 0.5) is 0 Å². The van der Waals surface area contributed by atoms with Crippen LogP contribution in [0, 0.1) is 0 Å². The SMILES string of the molecule is CCCCOc1ccc(C(=O)NC(=S)N2CCNC(=O)C2CC(=O)OC2CCCCC2)cc1. The molecule has 1 atom stereocenters. The number of nitrogens with one attached hydrogen (secondary N) is 2. The Morgan fingerprint density at radius 3 is 2.61 bits per heavy atom. The van der Waals surface area contributed by atoms with Crippen molar-refractivity contribution in [3.8, 4) is 5.75 Å². The average Bonchev–Trinajstić information content (AvgIpc) is 2.81. The van der Waals surface area contributed by atoms with E-state index in [-0.39, 0.29) is 29.5 Å². The molecular formula is C24H33N3O5S. The molecule has 0 aromatic heterocycles. The van der Waals surface area contributed by atoms with E-state index in [0.29, 0.717) is 31.0 Å². The Labute approximate surface area is 200 Å². The molecule has 2 N–H and O–H groups in total. The second-order valence-corrected chi connectivity index (χ2v) is 8.83. The highest BCUT2D eigenvalue weighted by Gasteiger charge is 2.35. The van der Waals surface area contributed by atoms with Crippen molar-refractivity contribution in [2.75, 3.05) is 19.7 Å². The first-order valence-corrected chi connectivity index (χ1v) is 12.2. The van der Waals surface area contributed by atoms with Gasteiger partial charge in [0, 0.05) is 18.7 Å². The second-order valence-electron chi connectivity index (χ2n) is 8.44. The number of esters is 1. The number of amides is 2. The minimum absolute atomic E-state index is 0.0769. The number of ether oxygens (including phenoxy) is 2. The van der Waals surface area contributed by atoms with Gasteiger partial charge in [-0.05, 0) is 68.6 Å². The van der Waals surface area contributed by atoms with E-state index in [1.807, 2.05) is 0 Å². The van der Waals surface area contributed by atoms with Crippen molar-refractivity contribution in [2.45, 2.75) is 70.4 Å². The van der Waals surface area contributed by atoms with E-state index in [1.54, 1.807) is 29.2 Å². The van der Waals surface area contributed by atoms with E-state index >= 15 is 0 Å². The van der Waals surface area contributed by atoms with E-state index < -0.39 is 12.0 Å². The standard InChI is InChI=1S/C24H33N3O5S/c1-2-3-15-31-18-11-9-17(10-12-18)22(29)26-24(33)27-14-13-25-23(30)20(27)16-21(28)32-19-7-5-4-6-8-19/h9-12,19-20H,2-8,13-16H2,1H3,(H,25,30)(H,26,29,33). The number of carbonyl (C=O) groups excluding carboxylic acids is 3. The van der Waals surface area contributed by atoms with Crippen LogP contribution in [0.2, 0.25) is 0 Å². The van der Waals surface area contributed by atoms with Gasteiger partial charge in [0.15, 0.2) is 5.11 Å². The first kappa shape index (κ1) is 25.0. The van der Waals surface area contributed by atoms with Gasteiger partial charge >= 0.3 is 5.97 Å². The van der Waals surface area contributed by atoms with Crippen LogP contribution in [0.3, 0.4) is 0 Å². The number of hydrogen-bond donors (Lipinski definition) is 2. The number of piperazine rings is 1. The van der Waals surface area contributed by atoms with Crippen LogP contribution < -0.4 is 15.4 Å². The molecule has 1 aliphatic heterocycles. The summed E-state index contributed by atoms with van der Waals surface area (Å²) in [5.41, 5.74) is 0.426. The molecule has 1 aromatic carbocycles. The Hall–Kier alpha value is -2.68. The summed E-state index contributed by atoms with van der Waals surface area (Å²) in [6.07, 6.45) is 6.82. The van der Waals surface area contributed by atoms with Gasteiger partial charge in [-0.25, -0.2) is 0 Å². The number of carbonyl (C=O) groups is 3. The maximum absolute atomic E-state index is 12.7. The lowest BCUT2D eigenvalue weighted by Crippen LogP contribution is -2.60. The molecule has 1 saturated heterocycles. The third-order valence-corrected chi connectivity index (χ3v) is 6.24. The fraction of sp³-hybridized carbons (Fsp3) is 0.583. The van der Waals surface area contributed by atoms with E-state index in [9.17, 15) is 14.4 Å². The van der Waals surface area contributed by atoms with Crippen LogP contribution in [0.25, 0.3) is 0 Å². The molecule has 0 bridgehead atoms. The van der Waals surface area contributed by atoms with Crippen LogP contribution >= 0.6 is 12.2 Å². The normalized spacial score (nSPS) is 18.9. The molecular weight excluding hydrogens is 442 g/mol. The predicted octanol–water partition coefficient (Wildman–Crippen LogP) is 2.95. The predicted molar refractivity (Wildman–Crippen MR) is 128 cm³/mol. The lowest BCUT2D eigenvalue weighted by Gasteiger charge is -2.36. The van der Waals surface area contributed by atoms with Crippen molar-refractivity contribution in [3.63, 3.8) is 0 Å². The Bertz CT molecular complexity index is 839. The van der Waals surface area contributed by atoms with Crippen molar-refractivity contribution in [2.24, 2.45) is 0 Å². The molecule has 180 valence electrons. The van der Waals surface area contributed by atoms with Crippen LogP contribution in [-0.4, -0.2) is 59.6 Å². The highest BCUT2D eigenvalue weighted by atomic mass is 32.1. The molecule has 2 aliphatic rings. The number of hydrogen-bond acceptors (Lipinski definition) is 6. The molecule has 1 aromatic rings. The summed E-state index contributed by atoms with van der Waals surface area (Å²) in [5.74, 6) is -0.393. The molecule has 9 heteroatoms. The summed E-state index contributed by atoms with van der Waals surface area (Å²) in [4.78, 5) is 39.3. The number of thiocarbonyl (C=S) groups is 1. The highest BCUT2D eigenvalue weighted by molar-refractivity contribution is 7.80. The van der Waals surface area contributed by atoms with Crippen molar-refractivity contribution in [1.29, 1.82) is 0 Å². The van der Waals surface area contributed by atoms with Crippen molar-refractivity contribution >= 4 is 35.1 Å². The Morgan fingerprint density at radius 2 is 1.91 bits per heavy atom. The Kier molecular flexibility index (Phi) is 9.47. The molecule has 1 saturated carbocycles. The van der Waals surface area contributed by atoms with Crippen molar-refractivity contribution in [3.05, 3.63) is 29.8 Å². The fourth-order valence-corrected chi connectivity index (χ4v) is 4.32. The van der Waals surface area contributed by atoms with Crippen LogP contribution in [-0.2, 0) is 14.3 Å². The number of nitrogens with zero attached hydrogens (tertiary/aromatic N) is 1. The lowest BCUT2D eigenvalue weighted by molar-refractivity contribution is -0.153. The number of benzene rings is 1. The zero-order chi connectivity index (χ0) is 23.6. The molecule has 0 spiro atoms. The molecule has 1 heterocycles.